The molecule has 2 rings (SSSR count). The second-order valence-electron chi connectivity index (χ2n) is 3.74. The van der Waals surface area contributed by atoms with Gasteiger partial charge in [0, 0.05) is 12.3 Å². The van der Waals surface area contributed by atoms with Gasteiger partial charge in [-0.25, -0.2) is 4.98 Å². The molecule has 0 spiro atoms. The monoisotopic (exact) mass is 263 g/mol. The molecule has 1 aromatic heterocycles. The van der Waals surface area contributed by atoms with Gasteiger partial charge in [-0.1, -0.05) is 18.5 Å². The summed E-state index contributed by atoms with van der Waals surface area (Å²) in [5, 5.41) is 0.412. The summed E-state index contributed by atoms with van der Waals surface area (Å²) in [5.74, 6) is 2.25. The lowest BCUT2D eigenvalue weighted by atomic mass is 10.3. The largest absolute Gasteiger partial charge is 0.494 e. The molecule has 4 heteroatoms. The van der Waals surface area contributed by atoms with Crippen LogP contribution < -0.4 is 9.47 Å². The lowest BCUT2D eigenvalue weighted by Crippen LogP contribution is -1.94. The van der Waals surface area contributed by atoms with Gasteiger partial charge in [0.2, 0.25) is 0 Å². The van der Waals surface area contributed by atoms with Gasteiger partial charge >= 0.3 is 0 Å². The zero-order valence-corrected chi connectivity index (χ0v) is 10.9. The van der Waals surface area contributed by atoms with Crippen LogP contribution in [-0.4, -0.2) is 11.6 Å². The topological polar surface area (TPSA) is 31.4 Å². The second-order valence-corrected chi connectivity index (χ2v) is 4.12. The van der Waals surface area contributed by atoms with Gasteiger partial charge in [0.25, 0.3) is 0 Å². The summed E-state index contributed by atoms with van der Waals surface area (Å²) in [5.41, 5.74) is 0. The summed E-state index contributed by atoms with van der Waals surface area (Å²) in [6.07, 6.45) is 2.60. The van der Waals surface area contributed by atoms with E-state index in [4.69, 9.17) is 21.1 Å². The Bertz CT molecular complexity index is 499. The van der Waals surface area contributed by atoms with Crippen LogP contribution in [0.4, 0.5) is 0 Å². The van der Waals surface area contributed by atoms with Gasteiger partial charge in [-0.2, -0.15) is 0 Å². The van der Waals surface area contributed by atoms with Gasteiger partial charge in [-0.05, 0) is 36.8 Å². The maximum atomic E-state index is 5.78. The molecule has 94 valence electrons. The van der Waals surface area contributed by atoms with Crippen molar-refractivity contribution in [2.75, 3.05) is 6.61 Å². The van der Waals surface area contributed by atoms with Crippen molar-refractivity contribution in [2.24, 2.45) is 0 Å². The van der Waals surface area contributed by atoms with Crippen molar-refractivity contribution in [3.05, 3.63) is 47.7 Å². The van der Waals surface area contributed by atoms with Gasteiger partial charge in [0.05, 0.1) is 6.61 Å². The molecule has 1 aromatic carbocycles. The molecule has 3 nitrogen and oxygen atoms in total. The molecule has 0 aliphatic rings. The van der Waals surface area contributed by atoms with Crippen LogP contribution in [0.3, 0.4) is 0 Å². The summed E-state index contributed by atoms with van der Waals surface area (Å²) < 4.78 is 11.1. The van der Waals surface area contributed by atoms with Crippen molar-refractivity contribution in [2.45, 2.75) is 13.3 Å². The first-order chi connectivity index (χ1) is 8.78. The first-order valence-corrected chi connectivity index (χ1v) is 6.18. The van der Waals surface area contributed by atoms with Crippen LogP contribution in [0.25, 0.3) is 0 Å². The number of aromatic nitrogens is 1. The molecular weight excluding hydrogens is 250 g/mol. The zero-order chi connectivity index (χ0) is 12.8. The third-order valence-electron chi connectivity index (χ3n) is 2.23. The van der Waals surface area contributed by atoms with Gasteiger partial charge in [0.15, 0.2) is 0 Å². The van der Waals surface area contributed by atoms with E-state index >= 15 is 0 Å². The van der Waals surface area contributed by atoms with E-state index < -0.39 is 0 Å². The number of benzene rings is 1. The van der Waals surface area contributed by atoms with E-state index in [0.29, 0.717) is 10.9 Å². The SMILES string of the molecule is CCCOc1ccc(Oc2ccnc(Cl)c2)cc1. The quantitative estimate of drug-likeness (QED) is 0.753. The van der Waals surface area contributed by atoms with Crippen LogP contribution in [0.15, 0.2) is 42.6 Å². The predicted molar refractivity (Wildman–Crippen MR) is 71.5 cm³/mol. The summed E-state index contributed by atoms with van der Waals surface area (Å²) >= 11 is 5.78. The Hall–Kier alpha value is -1.74. The molecular formula is C14H14ClNO2. The lowest BCUT2D eigenvalue weighted by molar-refractivity contribution is 0.317. The molecule has 0 amide bonds. The molecule has 0 aliphatic carbocycles. The summed E-state index contributed by atoms with van der Waals surface area (Å²) in [6.45, 7) is 2.80. The van der Waals surface area contributed by atoms with E-state index in [0.717, 1.165) is 24.5 Å². The standard InChI is InChI=1S/C14H14ClNO2/c1-2-9-17-11-3-5-12(6-4-11)18-13-7-8-16-14(15)10-13/h3-8,10H,2,9H2,1H3. The van der Waals surface area contributed by atoms with Crippen molar-refractivity contribution in [1.82, 2.24) is 4.98 Å². The average molecular weight is 264 g/mol. The molecule has 0 saturated carbocycles. The van der Waals surface area contributed by atoms with Crippen molar-refractivity contribution in [3.8, 4) is 17.2 Å². The van der Waals surface area contributed by atoms with Crippen molar-refractivity contribution >= 4 is 11.6 Å². The van der Waals surface area contributed by atoms with Gasteiger partial charge in [0.1, 0.15) is 22.4 Å². The first-order valence-electron chi connectivity index (χ1n) is 5.80. The highest BCUT2D eigenvalue weighted by molar-refractivity contribution is 6.29. The molecule has 0 atom stereocenters. The van der Waals surface area contributed by atoms with Gasteiger partial charge in [-0.15, -0.1) is 0 Å². The second kappa shape index (κ2) is 6.26. The van der Waals surface area contributed by atoms with Crippen LogP contribution >= 0.6 is 11.6 Å². The zero-order valence-electron chi connectivity index (χ0n) is 10.1. The number of rotatable bonds is 5. The van der Waals surface area contributed by atoms with E-state index in [2.05, 4.69) is 11.9 Å². The van der Waals surface area contributed by atoms with Gasteiger partial charge in [-0.3, -0.25) is 0 Å². The Balaban J connectivity index is 2.02. The van der Waals surface area contributed by atoms with Gasteiger partial charge < -0.3 is 9.47 Å². The Morgan fingerprint density at radius 1 is 1.06 bits per heavy atom. The van der Waals surface area contributed by atoms with E-state index in [9.17, 15) is 0 Å². The fourth-order valence-corrected chi connectivity index (χ4v) is 1.57. The Kier molecular flexibility index (Phi) is 4.42. The lowest BCUT2D eigenvalue weighted by Gasteiger charge is -2.07. The minimum Gasteiger partial charge on any atom is -0.494 e. The van der Waals surface area contributed by atoms with Crippen LogP contribution in [0.5, 0.6) is 17.2 Å². The first kappa shape index (κ1) is 12.7. The third-order valence-corrected chi connectivity index (χ3v) is 2.44. The van der Waals surface area contributed by atoms with Crippen molar-refractivity contribution < 1.29 is 9.47 Å². The van der Waals surface area contributed by atoms with Crippen molar-refractivity contribution in [3.63, 3.8) is 0 Å². The Morgan fingerprint density at radius 2 is 1.78 bits per heavy atom. The Morgan fingerprint density at radius 3 is 2.44 bits per heavy atom. The molecule has 0 fully saturated rings. The maximum Gasteiger partial charge on any atom is 0.132 e. The molecule has 0 unspecified atom stereocenters. The van der Waals surface area contributed by atoms with E-state index in [1.54, 1.807) is 18.3 Å². The predicted octanol–water partition coefficient (Wildman–Crippen LogP) is 4.32. The highest BCUT2D eigenvalue weighted by Gasteiger charge is 1.99. The fraction of sp³-hybridized carbons (Fsp3) is 0.214. The number of pyridine rings is 1. The minimum absolute atomic E-state index is 0.412. The molecule has 0 radical (unpaired) electrons. The van der Waals surface area contributed by atoms with E-state index in [-0.39, 0.29) is 0 Å². The smallest absolute Gasteiger partial charge is 0.132 e. The van der Waals surface area contributed by atoms with Crippen LogP contribution in [0.2, 0.25) is 5.15 Å². The van der Waals surface area contributed by atoms with E-state index in [1.807, 2.05) is 24.3 Å². The molecule has 18 heavy (non-hydrogen) atoms. The Labute approximate surface area is 111 Å². The highest BCUT2D eigenvalue weighted by Crippen LogP contribution is 2.24. The average Bonchev–Trinajstić information content (AvgIpc) is 2.38. The van der Waals surface area contributed by atoms with Crippen LogP contribution in [0.1, 0.15) is 13.3 Å². The van der Waals surface area contributed by atoms with Crippen molar-refractivity contribution in [1.29, 1.82) is 0 Å². The van der Waals surface area contributed by atoms with Crippen LogP contribution in [-0.2, 0) is 0 Å². The maximum absolute atomic E-state index is 5.78. The fourth-order valence-electron chi connectivity index (χ4n) is 1.41. The summed E-state index contributed by atoms with van der Waals surface area (Å²) in [4.78, 5) is 3.89. The highest BCUT2D eigenvalue weighted by atomic mass is 35.5. The molecule has 0 saturated heterocycles. The molecule has 0 bridgehead atoms. The number of halogens is 1. The molecule has 1 heterocycles. The molecule has 2 aromatic rings. The number of nitrogens with zero attached hydrogens (tertiary/aromatic N) is 1. The number of hydrogen-bond donors (Lipinski definition) is 0. The molecule has 0 aliphatic heterocycles. The van der Waals surface area contributed by atoms with E-state index in [1.165, 1.54) is 0 Å². The summed E-state index contributed by atoms with van der Waals surface area (Å²) in [7, 11) is 0. The number of ether oxygens (including phenoxy) is 2. The minimum atomic E-state index is 0.412. The normalized spacial score (nSPS) is 10.1. The third kappa shape index (κ3) is 3.64. The van der Waals surface area contributed by atoms with Crippen LogP contribution in [0, 0.1) is 0 Å². The summed E-state index contributed by atoms with van der Waals surface area (Å²) in [6, 6.07) is 10.9. The number of hydrogen-bond acceptors (Lipinski definition) is 3. The molecule has 0 N–H and O–H groups in total.